The van der Waals surface area contributed by atoms with Crippen molar-refractivity contribution < 1.29 is 0 Å². The first kappa shape index (κ1) is 12.5. The van der Waals surface area contributed by atoms with Crippen molar-refractivity contribution in [3.05, 3.63) is 65.7 Å². The lowest BCUT2D eigenvalue weighted by Gasteiger charge is -2.14. The van der Waals surface area contributed by atoms with Gasteiger partial charge >= 0.3 is 0 Å². The van der Waals surface area contributed by atoms with E-state index in [1.807, 2.05) is 6.07 Å². The second kappa shape index (κ2) is 4.89. The van der Waals surface area contributed by atoms with E-state index in [1.54, 1.807) is 0 Å². The molecule has 0 radical (unpaired) electrons. The highest BCUT2D eigenvalue weighted by Gasteiger charge is 2.05. The van der Waals surface area contributed by atoms with E-state index in [0.717, 1.165) is 17.1 Å². The molecule has 3 aromatic carbocycles. The Balaban J connectivity index is 2.08. The van der Waals surface area contributed by atoms with Crippen LogP contribution in [0.3, 0.4) is 0 Å². The van der Waals surface area contributed by atoms with Crippen molar-refractivity contribution in [2.24, 2.45) is 0 Å². The second-order valence-corrected chi connectivity index (χ2v) is 5.18. The average molecular weight is 262 g/mol. The van der Waals surface area contributed by atoms with E-state index in [1.165, 1.54) is 21.9 Å². The molecule has 0 saturated carbocycles. The summed E-state index contributed by atoms with van der Waals surface area (Å²) in [5, 5.41) is 5.88. The first-order valence-corrected chi connectivity index (χ1v) is 6.76. The maximum atomic E-state index is 6.12. The summed E-state index contributed by atoms with van der Waals surface area (Å²) in [4.78, 5) is 0. The van der Waals surface area contributed by atoms with Gasteiger partial charge in [0, 0.05) is 11.1 Å². The minimum atomic E-state index is 0.779. The van der Waals surface area contributed by atoms with E-state index in [0.29, 0.717) is 0 Å². The molecular weight excluding hydrogens is 244 g/mol. The third-order valence-corrected chi connectivity index (χ3v) is 3.72. The lowest BCUT2D eigenvalue weighted by Crippen LogP contribution is -1.98. The molecule has 2 nitrogen and oxygen atoms in total. The SMILES string of the molecule is Cc1cc(N)c(Nc2cccc3ccccc23)cc1C. The monoisotopic (exact) mass is 262 g/mol. The molecule has 0 aromatic heterocycles. The van der Waals surface area contributed by atoms with Crippen LogP contribution in [0.2, 0.25) is 0 Å². The van der Waals surface area contributed by atoms with Gasteiger partial charge in [-0.25, -0.2) is 0 Å². The summed E-state index contributed by atoms with van der Waals surface area (Å²) in [6, 6.07) is 18.7. The Kier molecular flexibility index (Phi) is 3.07. The summed E-state index contributed by atoms with van der Waals surface area (Å²) in [6.45, 7) is 4.18. The van der Waals surface area contributed by atoms with Crippen LogP contribution < -0.4 is 11.1 Å². The molecule has 0 aliphatic heterocycles. The molecule has 0 bridgehead atoms. The maximum Gasteiger partial charge on any atom is 0.0620 e. The molecule has 0 saturated heterocycles. The van der Waals surface area contributed by atoms with Crippen LogP contribution in [0.25, 0.3) is 10.8 Å². The highest BCUT2D eigenvalue weighted by molar-refractivity contribution is 5.96. The fourth-order valence-electron chi connectivity index (χ4n) is 2.43. The summed E-state index contributed by atoms with van der Waals surface area (Å²) in [6.07, 6.45) is 0. The van der Waals surface area contributed by atoms with Gasteiger partial charge in [0.15, 0.2) is 0 Å². The van der Waals surface area contributed by atoms with Gasteiger partial charge in [0.2, 0.25) is 0 Å². The van der Waals surface area contributed by atoms with Crippen LogP contribution in [0.1, 0.15) is 11.1 Å². The number of fused-ring (bicyclic) bond motifs is 1. The Morgan fingerprint density at radius 3 is 2.35 bits per heavy atom. The van der Waals surface area contributed by atoms with Crippen molar-refractivity contribution in [2.75, 3.05) is 11.1 Å². The number of rotatable bonds is 2. The third kappa shape index (κ3) is 2.21. The number of nitrogens with one attached hydrogen (secondary N) is 1. The van der Waals surface area contributed by atoms with E-state index in [2.05, 4.69) is 67.7 Å². The Bertz CT molecular complexity index is 770. The molecule has 3 rings (SSSR count). The summed E-state index contributed by atoms with van der Waals surface area (Å²) in [7, 11) is 0. The standard InChI is InChI=1S/C18H18N2/c1-12-10-16(19)18(11-13(12)2)20-17-9-5-7-14-6-3-4-8-15(14)17/h3-11,20H,19H2,1-2H3. The number of nitrogen functional groups attached to an aromatic ring is 1. The number of nitrogens with two attached hydrogens (primary N) is 1. The van der Waals surface area contributed by atoms with Gasteiger partial charge in [-0.2, -0.15) is 0 Å². The van der Waals surface area contributed by atoms with Gasteiger partial charge in [-0.3, -0.25) is 0 Å². The number of anilines is 3. The smallest absolute Gasteiger partial charge is 0.0620 e. The fourth-order valence-corrected chi connectivity index (χ4v) is 2.43. The van der Waals surface area contributed by atoms with Crippen LogP contribution >= 0.6 is 0 Å². The minimum Gasteiger partial charge on any atom is -0.397 e. The zero-order chi connectivity index (χ0) is 14.1. The largest absolute Gasteiger partial charge is 0.397 e. The lowest BCUT2D eigenvalue weighted by molar-refractivity contribution is 1.34. The summed E-state index contributed by atoms with van der Waals surface area (Å²) < 4.78 is 0. The van der Waals surface area contributed by atoms with E-state index in [4.69, 9.17) is 5.73 Å². The molecule has 0 fully saturated rings. The van der Waals surface area contributed by atoms with Crippen molar-refractivity contribution in [3.8, 4) is 0 Å². The van der Waals surface area contributed by atoms with Gasteiger partial charge in [-0.05, 0) is 48.6 Å². The summed E-state index contributed by atoms with van der Waals surface area (Å²) in [5.41, 5.74) is 11.4. The normalized spacial score (nSPS) is 10.7. The van der Waals surface area contributed by atoms with Gasteiger partial charge in [-0.1, -0.05) is 36.4 Å². The van der Waals surface area contributed by atoms with E-state index in [-0.39, 0.29) is 0 Å². The van der Waals surface area contributed by atoms with Crippen molar-refractivity contribution in [1.29, 1.82) is 0 Å². The summed E-state index contributed by atoms with van der Waals surface area (Å²) >= 11 is 0. The number of benzene rings is 3. The van der Waals surface area contributed by atoms with Crippen molar-refractivity contribution in [1.82, 2.24) is 0 Å². The van der Waals surface area contributed by atoms with Gasteiger partial charge in [-0.15, -0.1) is 0 Å². The Morgan fingerprint density at radius 2 is 1.50 bits per heavy atom. The molecule has 100 valence electrons. The molecule has 0 spiro atoms. The lowest BCUT2D eigenvalue weighted by atomic mass is 10.1. The number of aryl methyl sites for hydroxylation is 2. The van der Waals surface area contributed by atoms with Crippen molar-refractivity contribution in [3.63, 3.8) is 0 Å². The first-order valence-electron chi connectivity index (χ1n) is 6.76. The minimum absolute atomic E-state index is 0.779. The molecule has 0 heterocycles. The Hall–Kier alpha value is -2.48. The predicted octanol–water partition coefficient (Wildman–Crippen LogP) is 4.78. The topological polar surface area (TPSA) is 38.0 Å². The molecular formula is C18H18N2. The maximum absolute atomic E-state index is 6.12. The van der Waals surface area contributed by atoms with E-state index in [9.17, 15) is 0 Å². The zero-order valence-electron chi connectivity index (χ0n) is 11.8. The van der Waals surface area contributed by atoms with Crippen molar-refractivity contribution >= 4 is 27.8 Å². The first-order chi connectivity index (χ1) is 9.65. The molecule has 0 atom stereocenters. The van der Waals surface area contributed by atoms with E-state index < -0.39 is 0 Å². The molecule has 0 unspecified atom stereocenters. The van der Waals surface area contributed by atoms with Crippen LogP contribution in [0.4, 0.5) is 17.1 Å². The highest BCUT2D eigenvalue weighted by atomic mass is 14.9. The average Bonchev–Trinajstić information content (AvgIpc) is 2.45. The third-order valence-electron chi connectivity index (χ3n) is 3.72. The zero-order valence-corrected chi connectivity index (χ0v) is 11.8. The molecule has 3 N–H and O–H groups in total. The van der Waals surface area contributed by atoms with Gasteiger partial charge in [0.25, 0.3) is 0 Å². The molecule has 0 aliphatic rings. The Labute approximate surface area is 119 Å². The molecule has 0 amide bonds. The fraction of sp³-hybridized carbons (Fsp3) is 0.111. The van der Waals surface area contributed by atoms with Crippen LogP contribution in [0.15, 0.2) is 54.6 Å². The van der Waals surface area contributed by atoms with Crippen LogP contribution in [0.5, 0.6) is 0 Å². The van der Waals surface area contributed by atoms with Crippen LogP contribution in [0, 0.1) is 13.8 Å². The summed E-state index contributed by atoms with van der Waals surface area (Å²) in [5.74, 6) is 0. The van der Waals surface area contributed by atoms with Gasteiger partial charge in [0.1, 0.15) is 0 Å². The van der Waals surface area contributed by atoms with Crippen LogP contribution in [-0.2, 0) is 0 Å². The van der Waals surface area contributed by atoms with Crippen LogP contribution in [-0.4, -0.2) is 0 Å². The predicted molar refractivity (Wildman–Crippen MR) is 87.6 cm³/mol. The number of hydrogen-bond acceptors (Lipinski definition) is 2. The molecule has 3 aromatic rings. The van der Waals surface area contributed by atoms with Gasteiger partial charge in [0.05, 0.1) is 11.4 Å². The number of hydrogen-bond donors (Lipinski definition) is 2. The van der Waals surface area contributed by atoms with Gasteiger partial charge < -0.3 is 11.1 Å². The van der Waals surface area contributed by atoms with Crippen molar-refractivity contribution in [2.45, 2.75) is 13.8 Å². The molecule has 20 heavy (non-hydrogen) atoms. The molecule has 2 heteroatoms. The highest BCUT2D eigenvalue weighted by Crippen LogP contribution is 2.30. The second-order valence-electron chi connectivity index (χ2n) is 5.18. The van der Waals surface area contributed by atoms with E-state index >= 15 is 0 Å². The quantitative estimate of drug-likeness (QED) is 0.652. The molecule has 0 aliphatic carbocycles. The Morgan fingerprint density at radius 1 is 0.800 bits per heavy atom.